The van der Waals surface area contributed by atoms with E-state index in [1.165, 1.54) is 18.2 Å². The molecule has 0 aliphatic heterocycles. The number of nitrogens with zero attached hydrogens (tertiary/aromatic N) is 1. The van der Waals surface area contributed by atoms with Gasteiger partial charge in [0.2, 0.25) is 0 Å². The van der Waals surface area contributed by atoms with Crippen molar-refractivity contribution in [1.82, 2.24) is 4.90 Å². The van der Waals surface area contributed by atoms with Gasteiger partial charge in [-0.25, -0.2) is 4.39 Å². The molecular weight excluding hydrogens is 333 g/mol. The van der Waals surface area contributed by atoms with Crippen molar-refractivity contribution < 1.29 is 18.7 Å². The lowest BCUT2D eigenvalue weighted by Gasteiger charge is -2.26. The van der Waals surface area contributed by atoms with Crippen LogP contribution in [0, 0.1) is 5.82 Å². The molecule has 4 nitrogen and oxygen atoms in total. The van der Waals surface area contributed by atoms with Crippen molar-refractivity contribution in [3.8, 4) is 11.5 Å². The van der Waals surface area contributed by atoms with Gasteiger partial charge in [-0.1, -0.05) is 29.8 Å². The topological polar surface area (TPSA) is 38.8 Å². The molecule has 0 bridgehead atoms. The van der Waals surface area contributed by atoms with Crippen molar-refractivity contribution in [3.63, 3.8) is 0 Å². The van der Waals surface area contributed by atoms with Gasteiger partial charge < -0.3 is 14.4 Å². The van der Waals surface area contributed by atoms with Gasteiger partial charge in [0.05, 0.1) is 18.2 Å². The molecule has 0 radical (unpaired) electrons. The number of carbonyl (C=O) groups is 1. The third kappa shape index (κ3) is 4.17. The summed E-state index contributed by atoms with van der Waals surface area (Å²) < 4.78 is 23.8. The summed E-state index contributed by atoms with van der Waals surface area (Å²) in [6, 6.07) is 11.3. The lowest BCUT2D eigenvalue weighted by molar-refractivity contribution is -0.134. The lowest BCUT2D eigenvalue weighted by atomic mass is 10.1. The second-order valence-electron chi connectivity index (χ2n) is 5.29. The molecule has 0 fully saturated rings. The Morgan fingerprint density at radius 1 is 1.29 bits per heavy atom. The van der Waals surface area contributed by atoms with Crippen molar-refractivity contribution >= 4 is 17.5 Å². The Hall–Kier alpha value is -2.27. The van der Waals surface area contributed by atoms with Gasteiger partial charge in [-0.05, 0) is 25.1 Å². The first kappa shape index (κ1) is 18.1. The van der Waals surface area contributed by atoms with Gasteiger partial charge in [0.1, 0.15) is 17.3 Å². The van der Waals surface area contributed by atoms with E-state index in [1.54, 1.807) is 19.1 Å². The Labute approximate surface area is 145 Å². The molecule has 0 N–H and O–H groups in total. The number of amides is 1. The molecule has 1 unspecified atom stereocenters. The SMILES string of the molecule is COc1ccccc1C(C)N(C)C(=O)COc1ccc(F)c(Cl)c1. The fourth-order valence-corrected chi connectivity index (χ4v) is 2.42. The summed E-state index contributed by atoms with van der Waals surface area (Å²) in [6.07, 6.45) is 0. The number of methoxy groups -OCH3 is 1. The fourth-order valence-electron chi connectivity index (χ4n) is 2.25. The Morgan fingerprint density at radius 2 is 2.00 bits per heavy atom. The second-order valence-corrected chi connectivity index (χ2v) is 5.69. The van der Waals surface area contributed by atoms with E-state index in [0.717, 1.165) is 11.3 Å². The van der Waals surface area contributed by atoms with Gasteiger partial charge in [-0.2, -0.15) is 0 Å². The summed E-state index contributed by atoms with van der Waals surface area (Å²) in [6.45, 7) is 1.74. The molecular formula is C18H19ClFNO3. The van der Waals surface area contributed by atoms with Crippen LogP contribution in [0.25, 0.3) is 0 Å². The van der Waals surface area contributed by atoms with E-state index in [2.05, 4.69) is 0 Å². The van der Waals surface area contributed by atoms with Crippen LogP contribution in [0.5, 0.6) is 11.5 Å². The molecule has 0 aliphatic carbocycles. The van der Waals surface area contributed by atoms with Crippen molar-refractivity contribution in [2.45, 2.75) is 13.0 Å². The van der Waals surface area contributed by atoms with E-state index in [0.29, 0.717) is 5.75 Å². The number of rotatable bonds is 6. The van der Waals surface area contributed by atoms with Crippen LogP contribution in [0.1, 0.15) is 18.5 Å². The molecule has 0 heterocycles. The molecule has 0 aromatic heterocycles. The number of hydrogen-bond donors (Lipinski definition) is 0. The number of para-hydroxylation sites is 1. The number of benzene rings is 2. The van der Waals surface area contributed by atoms with E-state index in [4.69, 9.17) is 21.1 Å². The van der Waals surface area contributed by atoms with E-state index >= 15 is 0 Å². The van der Waals surface area contributed by atoms with Crippen LogP contribution in [0.2, 0.25) is 5.02 Å². The molecule has 24 heavy (non-hydrogen) atoms. The molecule has 0 aliphatic rings. The summed E-state index contributed by atoms with van der Waals surface area (Å²) in [5.41, 5.74) is 0.903. The summed E-state index contributed by atoms with van der Waals surface area (Å²) in [5, 5.41) is -0.0457. The molecule has 2 aromatic rings. The van der Waals surface area contributed by atoms with E-state index in [9.17, 15) is 9.18 Å². The maximum atomic E-state index is 13.1. The highest BCUT2D eigenvalue weighted by atomic mass is 35.5. The Bertz CT molecular complexity index is 723. The number of ether oxygens (including phenoxy) is 2. The predicted octanol–water partition coefficient (Wildman–Crippen LogP) is 4.09. The third-order valence-electron chi connectivity index (χ3n) is 3.82. The highest BCUT2D eigenvalue weighted by Gasteiger charge is 2.20. The standard InChI is InChI=1S/C18H19ClFNO3/c1-12(14-6-4-5-7-17(14)23-3)21(2)18(22)11-24-13-8-9-16(20)15(19)10-13/h4-10,12H,11H2,1-3H3. The van der Waals surface area contributed by atoms with Crippen LogP contribution in [-0.2, 0) is 4.79 Å². The predicted molar refractivity (Wildman–Crippen MR) is 91.1 cm³/mol. The molecule has 128 valence electrons. The van der Waals surface area contributed by atoms with Gasteiger partial charge in [0, 0.05) is 18.7 Å². The highest BCUT2D eigenvalue weighted by Crippen LogP contribution is 2.28. The number of hydrogen-bond acceptors (Lipinski definition) is 3. The van der Waals surface area contributed by atoms with E-state index in [-0.39, 0.29) is 23.6 Å². The van der Waals surface area contributed by atoms with Crippen molar-refractivity contribution in [2.24, 2.45) is 0 Å². The normalized spacial score (nSPS) is 11.7. The number of carbonyl (C=O) groups excluding carboxylic acids is 1. The van der Waals surface area contributed by atoms with Crippen LogP contribution in [0.15, 0.2) is 42.5 Å². The highest BCUT2D eigenvalue weighted by molar-refractivity contribution is 6.30. The molecule has 0 saturated carbocycles. The molecule has 1 amide bonds. The Balaban J connectivity index is 2.02. The lowest BCUT2D eigenvalue weighted by Crippen LogP contribution is -2.33. The quantitative estimate of drug-likeness (QED) is 0.787. The molecule has 2 rings (SSSR count). The minimum Gasteiger partial charge on any atom is -0.496 e. The van der Waals surface area contributed by atoms with Crippen LogP contribution < -0.4 is 9.47 Å². The molecule has 1 atom stereocenters. The zero-order chi connectivity index (χ0) is 17.7. The zero-order valence-electron chi connectivity index (χ0n) is 13.8. The van der Waals surface area contributed by atoms with Crippen molar-refractivity contribution in [1.29, 1.82) is 0 Å². The van der Waals surface area contributed by atoms with Gasteiger partial charge >= 0.3 is 0 Å². The monoisotopic (exact) mass is 351 g/mol. The molecule has 0 spiro atoms. The van der Waals surface area contributed by atoms with E-state index < -0.39 is 5.82 Å². The number of likely N-dealkylation sites (N-methyl/N-ethyl adjacent to an activating group) is 1. The van der Waals surface area contributed by atoms with Crippen LogP contribution in [-0.4, -0.2) is 31.6 Å². The summed E-state index contributed by atoms with van der Waals surface area (Å²) in [7, 11) is 3.29. The van der Waals surface area contributed by atoms with Crippen LogP contribution in [0.3, 0.4) is 0 Å². The van der Waals surface area contributed by atoms with E-state index in [1.807, 2.05) is 31.2 Å². The number of halogens is 2. The Morgan fingerprint density at radius 3 is 2.67 bits per heavy atom. The Kier molecular flexibility index (Phi) is 6.04. The van der Waals surface area contributed by atoms with Crippen molar-refractivity contribution in [2.75, 3.05) is 20.8 Å². The minimum absolute atomic E-state index is 0.0457. The molecule has 6 heteroatoms. The molecule has 0 saturated heterocycles. The summed E-state index contributed by atoms with van der Waals surface area (Å²) in [5.74, 6) is 0.315. The van der Waals surface area contributed by atoms with Gasteiger partial charge in [-0.3, -0.25) is 4.79 Å². The maximum absolute atomic E-state index is 13.1. The third-order valence-corrected chi connectivity index (χ3v) is 4.11. The molecule has 2 aromatic carbocycles. The first-order valence-corrected chi connectivity index (χ1v) is 7.78. The summed E-state index contributed by atoms with van der Waals surface area (Å²) >= 11 is 5.69. The first-order valence-electron chi connectivity index (χ1n) is 7.40. The maximum Gasteiger partial charge on any atom is 0.260 e. The smallest absolute Gasteiger partial charge is 0.260 e. The summed E-state index contributed by atoms with van der Waals surface area (Å²) in [4.78, 5) is 13.9. The largest absolute Gasteiger partial charge is 0.496 e. The van der Waals surface area contributed by atoms with Crippen LogP contribution >= 0.6 is 11.6 Å². The average molecular weight is 352 g/mol. The van der Waals surface area contributed by atoms with Gasteiger partial charge in [0.25, 0.3) is 5.91 Å². The van der Waals surface area contributed by atoms with Gasteiger partial charge in [-0.15, -0.1) is 0 Å². The average Bonchev–Trinajstić information content (AvgIpc) is 2.61. The van der Waals surface area contributed by atoms with Gasteiger partial charge in [0.15, 0.2) is 6.61 Å². The minimum atomic E-state index is -0.530. The van der Waals surface area contributed by atoms with Crippen LogP contribution in [0.4, 0.5) is 4.39 Å². The second kappa shape index (κ2) is 8.02. The zero-order valence-corrected chi connectivity index (χ0v) is 14.5. The first-order chi connectivity index (χ1) is 11.4. The van der Waals surface area contributed by atoms with Crippen molar-refractivity contribution in [3.05, 3.63) is 58.9 Å². The fraction of sp³-hybridized carbons (Fsp3) is 0.278.